The molecule has 7 nitrogen and oxygen atoms in total. The molecule has 0 aliphatic heterocycles. The van der Waals surface area contributed by atoms with E-state index in [1.165, 1.54) is 23.4 Å². The first kappa shape index (κ1) is 20.4. The Balaban J connectivity index is 2.19. The van der Waals surface area contributed by atoms with Crippen LogP contribution >= 0.6 is 0 Å². The third kappa shape index (κ3) is 4.62. The van der Waals surface area contributed by atoms with Gasteiger partial charge in [-0.25, -0.2) is 13.2 Å². The molecule has 144 valence electrons. The van der Waals surface area contributed by atoms with Crippen LogP contribution in [0.1, 0.15) is 49.5 Å². The first-order valence-corrected chi connectivity index (χ1v) is 10.3. The molecule has 0 spiro atoms. The van der Waals surface area contributed by atoms with Crippen LogP contribution in [-0.2, 0) is 19.6 Å². The zero-order valence-corrected chi connectivity index (χ0v) is 16.4. The molecule has 0 aromatic heterocycles. The van der Waals surface area contributed by atoms with Crippen molar-refractivity contribution in [1.82, 2.24) is 9.62 Å². The van der Waals surface area contributed by atoms with Crippen LogP contribution in [-0.4, -0.2) is 49.8 Å². The predicted octanol–water partition coefficient (Wildman–Crippen LogP) is 1.85. The van der Waals surface area contributed by atoms with E-state index in [9.17, 15) is 18.0 Å². The number of ether oxygens (including phenoxy) is 1. The van der Waals surface area contributed by atoms with Crippen molar-refractivity contribution in [2.45, 2.75) is 57.6 Å². The van der Waals surface area contributed by atoms with Crippen molar-refractivity contribution in [2.75, 3.05) is 13.1 Å². The highest BCUT2D eigenvalue weighted by atomic mass is 32.2. The fraction of sp³-hybridized carbons (Fsp3) is 0.556. The van der Waals surface area contributed by atoms with Gasteiger partial charge in [-0.15, -0.1) is 0 Å². The predicted molar refractivity (Wildman–Crippen MR) is 97.3 cm³/mol. The van der Waals surface area contributed by atoms with E-state index in [0.29, 0.717) is 18.7 Å². The summed E-state index contributed by atoms with van der Waals surface area (Å²) in [6.07, 6.45) is 0.945. The summed E-state index contributed by atoms with van der Waals surface area (Å²) in [5.74, 6) is -1.07. The lowest BCUT2D eigenvalue weighted by atomic mass is 10.1. The molecule has 0 radical (unpaired) electrons. The first-order chi connectivity index (χ1) is 12.2. The Morgan fingerprint density at radius 2 is 1.88 bits per heavy atom. The zero-order valence-electron chi connectivity index (χ0n) is 15.6. The van der Waals surface area contributed by atoms with Gasteiger partial charge < -0.3 is 10.1 Å². The highest BCUT2D eigenvalue weighted by Gasteiger charge is 2.28. The number of sulfonamides is 1. The summed E-state index contributed by atoms with van der Waals surface area (Å²) in [7, 11) is -3.69. The summed E-state index contributed by atoms with van der Waals surface area (Å²) in [5.41, 5.74) is 0.653. The molecule has 26 heavy (non-hydrogen) atoms. The maximum Gasteiger partial charge on any atom is 0.338 e. The Morgan fingerprint density at radius 3 is 2.42 bits per heavy atom. The smallest absolute Gasteiger partial charge is 0.338 e. The van der Waals surface area contributed by atoms with Crippen molar-refractivity contribution in [2.24, 2.45) is 0 Å². The van der Waals surface area contributed by atoms with Crippen LogP contribution in [0, 0.1) is 6.92 Å². The second-order valence-corrected chi connectivity index (χ2v) is 8.31. The van der Waals surface area contributed by atoms with Crippen molar-refractivity contribution in [3.63, 3.8) is 0 Å². The van der Waals surface area contributed by atoms with E-state index in [2.05, 4.69) is 5.32 Å². The molecule has 1 aromatic carbocycles. The number of amides is 1. The first-order valence-electron chi connectivity index (χ1n) is 8.82. The molecule has 8 heteroatoms. The fourth-order valence-corrected chi connectivity index (χ4v) is 4.24. The summed E-state index contributed by atoms with van der Waals surface area (Å²) in [4.78, 5) is 24.3. The van der Waals surface area contributed by atoms with E-state index >= 15 is 0 Å². The van der Waals surface area contributed by atoms with E-state index in [4.69, 9.17) is 4.74 Å². The Kier molecular flexibility index (Phi) is 6.41. The van der Waals surface area contributed by atoms with E-state index < -0.39 is 22.1 Å². The summed E-state index contributed by atoms with van der Waals surface area (Å²) in [6.45, 7) is 7.37. The maximum atomic E-state index is 12.8. The molecule has 1 amide bonds. The van der Waals surface area contributed by atoms with Gasteiger partial charge in [0.05, 0.1) is 10.5 Å². The van der Waals surface area contributed by atoms with E-state index in [0.717, 1.165) is 12.8 Å². The van der Waals surface area contributed by atoms with Gasteiger partial charge in [0.15, 0.2) is 6.10 Å². The molecule has 1 N–H and O–H groups in total. The largest absolute Gasteiger partial charge is 0.449 e. The van der Waals surface area contributed by atoms with Crippen LogP contribution in [0.3, 0.4) is 0 Å². The minimum atomic E-state index is -3.69. The maximum absolute atomic E-state index is 12.8. The summed E-state index contributed by atoms with van der Waals surface area (Å²) >= 11 is 0. The van der Waals surface area contributed by atoms with Crippen LogP contribution in [0.4, 0.5) is 0 Å². The van der Waals surface area contributed by atoms with Gasteiger partial charge in [-0.05, 0) is 44.4 Å². The van der Waals surface area contributed by atoms with Gasteiger partial charge in [0.1, 0.15) is 0 Å². The SMILES string of the molecule is CCN(CC)S(=O)(=O)c1cc(C(=O)O[C@H](C)C(=O)NC2CC2)ccc1C. The topological polar surface area (TPSA) is 92.8 Å². The molecule has 0 heterocycles. The molecule has 1 aliphatic carbocycles. The molecule has 0 unspecified atom stereocenters. The molecular weight excluding hydrogens is 356 g/mol. The molecule has 1 aromatic rings. The summed E-state index contributed by atoms with van der Waals surface area (Å²) in [6, 6.07) is 4.57. The van der Waals surface area contributed by atoms with E-state index in [1.54, 1.807) is 26.8 Å². The molecular formula is C18H26N2O5S. The zero-order chi connectivity index (χ0) is 19.5. The summed E-state index contributed by atoms with van der Waals surface area (Å²) in [5, 5.41) is 2.77. The number of benzene rings is 1. The molecule has 2 rings (SSSR count). The number of hydrogen-bond acceptors (Lipinski definition) is 5. The normalized spacial score (nSPS) is 15.6. The number of carbonyl (C=O) groups is 2. The van der Waals surface area contributed by atoms with Crippen LogP contribution in [0.2, 0.25) is 0 Å². The highest BCUT2D eigenvalue weighted by Crippen LogP contribution is 2.22. The highest BCUT2D eigenvalue weighted by molar-refractivity contribution is 7.89. The Bertz CT molecular complexity index is 783. The third-order valence-electron chi connectivity index (χ3n) is 4.32. The number of nitrogens with one attached hydrogen (secondary N) is 1. The minimum Gasteiger partial charge on any atom is -0.449 e. The van der Waals surface area contributed by atoms with E-state index in [1.807, 2.05) is 0 Å². The number of carbonyl (C=O) groups excluding carboxylic acids is 2. The third-order valence-corrected chi connectivity index (χ3v) is 6.52. The van der Waals surface area contributed by atoms with Gasteiger partial charge in [-0.1, -0.05) is 19.9 Å². The van der Waals surface area contributed by atoms with Gasteiger partial charge in [-0.2, -0.15) is 4.31 Å². The number of esters is 1. The number of hydrogen-bond donors (Lipinski definition) is 1. The average Bonchev–Trinajstić information content (AvgIpc) is 3.39. The minimum absolute atomic E-state index is 0.0748. The van der Waals surface area contributed by atoms with Crippen LogP contribution in [0.25, 0.3) is 0 Å². The second-order valence-electron chi connectivity index (χ2n) is 6.40. The molecule has 1 fully saturated rings. The number of rotatable bonds is 8. The van der Waals surface area contributed by atoms with E-state index in [-0.39, 0.29) is 22.4 Å². The van der Waals surface area contributed by atoms with Crippen molar-refractivity contribution >= 4 is 21.9 Å². The van der Waals surface area contributed by atoms with Crippen LogP contribution in [0.15, 0.2) is 23.1 Å². The van der Waals surface area contributed by atoms with Gasteiger partial charge in [-0.3, -0.25) is 4.79 Å². The summed E-state index contributed by atoms with van der Waals surface area (Å²) < 4.78 is 32.0. The number of nitrogens with zero attached hydrogens (tertiary/aromatic N) is 1. The lowest BCUT2D eigenvalue weighted by Crippen LogP contribution is -2.37. The number of aryl methyl sites for hydroxylation is 1. The van der Waals surface area contributed by atoms with Crippen molar-refractivity contribution in [3.05, 3.63) is 29.3 Å². The molecule has 1 aliphatic rings. The Hall–Kier alpha value is -1.93. The van der Waals surface area contributed by atoms with Crippen molar-refractivity contribution in [1.29, 1.82) is 0 Å². The molecule has 0 bridgehead atoms. The molecule has 1 atom stereocenters. The lowest BCUT2D eigenvalue weighted by molar-refractivity contribution is -0.129. The van der Waals surface area contributed by atoms with Crippen LogP contribution in [0.5, 0.6) is 0 Å². The average molecular weight is 382 g/mol. The Morgan fingerprint density at radius 1 is 1.27 bits per heavy atom. The Labute approximate surface area is 154 Å². The van der Waals surface area contributed by atoms with Crippen molar-refractivity contribution < 1.29 is 22.7 Å². The second kappa shape index (κ2) is 8.18. The van der Waals surface area contributed by atoms with Gasteiger partial charge in [0.25, 0.3) is 5.91 Å². The molecule has 1 saturated carbocycles. The quantitative estimate of drug-likeness (QED) is 0.693. The molecule has 0 saturated heterocycles. The van der Waals surface area contributed by atoms with Crippen molar-refractivity contribution in [3.8, 4) is 0 Å². The van der Waals surface area contributed by atoms with Crippen LogP contribution < -0.4 is 5.32 Å². The monoisotopic (exact) mass is 382 g/mol. The standard InChI is InChI=1S/C18H26N2O5S/c1-5-20(6-2)26(23,24)16-11-14(8-7-12(16)3)18(22)25-13(4)17(21)19-15-9-10-15/h7-8,11,13,15H,5-6,9-10H2,1-4H3,(H,19,21)/t13-/m1/s1. The van der Waals surface area contributed by atoms with Gasteiger partial charge in [0.2, 0.25) is 10.0 Å². The fourth-order valence-electron chi connectivity index (χ4n) is 2.54. The van der Waals surface area contributed by atoms with Gasteiger partial charge >= 0.3 is 5.97 Å². The lowest BCUT2D eigenvalue weighted by Gasteiger charge is -2.20. The van der Waals surface area contributed by atoms with Gasteiger partial charge in [0, 0.05) is 19.1 Å².